The van der Waals surface area contributed by atoms with Crippen molar-refractivity contribution in [1.82, 2.24) is 4.90 Å². The van der Waals surface area contributed by atoms with Gasteiger partial charge in [0.1, 0.15) is 0 Å². The Hall–Kier alpha value is -0.960. The topological polar surface area (TPSA) is 20.3 Å². The van der Waals surface area contributed by atoms with Crippen molar-refractivity contribution in [2.24, 2.45) is 0 Å². The smallest absolute Gasteiger partial charge is 0.223 e. The molecule has 0 spiro atoms. The van der Waals surface area contributed by atoms with Gasteiger partial charge in [-0.3, -0.25) is 4.79 Å². The van der Waals surface area contributed by atoms with Crippen molar-refractivity contribution in [2.75, 3.05) is 18.8 Å². The first-order valence-electron chi connectivity index (χ1n) is 6.14. The molecule has 0 aliphatic heterocycles. The van der Waals surface area contributed by atoms with E-state index in [0.29, 0.717) is 6.42 Å². The molecule has 1 rings (SSSR count). The van der Waals surface area contributed by atoms with Gasteiger partial charge in [0.25, 0.3) is 0 Å². The van der Waals surface area contributed by atoms with Gasteiger partial charge < -0.3 is 4.90 Å². The molecule has 1 aromatic carbocycles. The molecule has 3 heteroatoms. The molecular formula is C14H21NOS. The zero-order valence-corrected chi connectivity index (χ0v) is 11.7. The fourth-order valence-corrected chi connectivity index (χ4v) is 2.47. The van der Waals surface area contributed by atoms with Crippen molar-refractivity contribution < 1.29 is 4.79 Å². The lowest BCUT2D eigenvalue weighted by atomic mass is 10.2. The van der Waals surface area contributed by atoms with E-state index >= 15 is 0 Å². The van der Waals surface area contributed by atoms with Crippen LogP contribution in [0, 0.1) is 6.92 Å². The molecule has 0 fully saturated rings. The maximum absolute atomic E-state index is 11.8. The molecule has 0 unspecified atom stereocenters. The van der Waals surface area contributed by atoms with Crippen LogP contribution in [0.3, 0.4) is 0 Å². The first-order chi connectivity index (χ1) is 8.17. The van der Waals surface area contributed by atoms with Gasteiger partial charge >= 0.3 is 0 Å². The van der Waals surface area contributed by atoms with Gasteiger partial charge in [0.15, 0.2) is 0 Å². The molecule has 0 heterocycles. The molecule has 1 aromatic rings. The highest BCUT2D eigenvalue weighted by Gasteiger charge is 2.08. The molecule has 17 heavy (non-hydrogen) atoms. The Labute approximate surface area is 108 Å². The molecule has 0 saturated carbocycles. The second-order valence-corrected chi connectivity index (χ2v) is 5.15. The number of rotatable bonds is 6. The molecule has 0 radical (unpaired) electrons. The van der Waals surface area contributed by atoms with Crippen LogP contribution < -0.4 is 0 Å². The minimum Gasteiger partial charge on any atom is -0.343 e. The molecule has 2 nitrogen and oxygen atoms in total. The summed E-state index contributed by atoms with van der Waals surface area (Å²) in [5.74, 6) is 1.12. The normalized spacial score (nSPS) is 10.3. The summed E-state index contributed by atoms with van der Waals surface area (Å²) in [6.07, 6.45) is 0.625. The lowest BCUT2D eigenvalue weighted by Crippen LogP contribution is -2.30. The Kier molecular flexibility index (Phi) is 6.12. The number of hydrogen-bond donors (Lipinski definition) is 0. The Morgan fingerprint density at radius 3 is 2.29 bits per heavy atom. The third-order valence-corrected chi connectivity index (χ3v) is 3.74. The Morgan fingerprint density at radius 1 is 1.18 bits per heavy atom. The van der Waals surface area contributed by atoms with Gasteiger partial charge in [0.2, 0.25) is 5.91 Å². The zero-order valence-electron chi connectivity index (χ0n) is 10.9. The number of hydrogen-bond acceptors (Lipinski definition) is 2. The maximum Gasteiger partial charge on any atom is 0.223 e. The van der Waals surface area contributed by atoms with Gasteiger partial charge in [-0.1, -0.05) is 17.7 Å². The van der Waals surface area contributed by atoms with E-state index in [1.54, 1.807) is 11.8 Å². The molecule has 0 aromatic heterocycles. The molecule has 0 bridgehead atoms. The molecule has 0 aliphatic rings. The van der Waals surface area contributed by atoms with E-state index in [0.717, 1.165) is 18.8 Å². The Balaban J connectivity index is 2.32. The highest BCUT2D eigenvalue weighted by Crippen LogP contribution is 2.19. The van der Waals surface area contributed by atoms with Gasteiger partial charge in [-0.05, 0) is 32.9 Å². The number of aryl methyl sites for hydroxylation is 1. The fourth-order valence-electron chi connectivity index (χ4n) is 1.63. The quantitative estimate of drug-likeness (QED) is 0.723. The van der Waals surface area contributed by atoms with Gasteiger partial charge in [-0.15, -0.1) is 11.8 Å². The van der Waals surface area contributed by atoms with Crippen LogP contribution in [0.15, 0.2) is 29.2 Å². The van der Waals surface area contributed by atoms with Gasteiger partial charge in [-0.2, -0.15) is 0 Å². The van der Waals surface area contributed by atoms with Crippen molar-refractivity contribution in [1.29, 1.82) is 0 Å². The van der Waals surface area contributed by atoms with E-state index in [4.69, 9.17) is 0 Å². The summed E-state index contributed by atoms with van der Waals surface area (Å²) in [5, 5.41) is 0. The van der Waals surface area contributed by atoms with Crippen LogP contribution in [-0.4, -0.2) is 29.6 Å². The summed E-state index contributed by atoms with van der Waals surface area (Å²) in [4.78, 5) is 14.9. The second kappa shape index (κ2) is 7.38. The number of amides is 1. The lowest BCUT2D eigenvalue weighted by Gasteiger charge is -2.18. The monoisotopic (exact) mass is 251 g/mol. The van der Waals surface area contributed by atoms with Crippen LogP contribution in [-0.2, 0) is 4.79 Å². The van der Waals surface area contributed by atoms with Crippen LogP contribution in [0.4, 0.5) is 0 Å². The van der Waals surface area contributed by atoms with Gasteiger partial charge in [0, 0.05) is 30.2 Å². The van der Waals surface area contributed by atoms with E-state index in [2.05, 4.69) is 31.2 Å². The second-order valence-electron chi connectivity index (χ2n) is 3.98. The first kappa shape index (κ1) is 14.1. The number of thioether (sulfide) groups is 1. The van der Waals surface area contributed by atoms with E-state index in [1.165, 1.54) is 10.5 Å². The van der Waals surface area contributed by atoms with Crippen LogP contribution >= 0.6 is 11.8 Å². The molecule has 94 valence electrons. The molecule has 0 aliphatic carbocycles. The van der Waals surface area contributed by atoms with E-state index in [1.807, 2.05) is 18.7 Å². The van der Waals surface area contributed by atoms with Crippen molar-refractivity contribution in [3.05, 3.63) is 29.8 Å². The van der Waals surface area contributed by atoms with Crippen molar-refractivity contribution in [2.45, 2.75) is 32.1 Å². The van der Waals surface area contributed by atoms with E-state index in [9.17, 15) is 4.79 Å². The summed E-state index contributed by atoms with van der Waals surface area (Å²) in [5.41, 5.74) is 1.27. The summed E-state index contributed by atoms with van der Waals surface area (Å²) < 4.78 is 0. The lowest BCUT2D eigenvalue weighted by molar-refractivity contribution is -0.130. The predicted molar refractivity (Wildman–Crippen MR) is 74.4 cm³/mol. The van der Waals surface area contributed by atoms with Crippen LogP contribution in [0.25, 0.3) is 0 Å². The van der Waals surface area contributed by atoms with E-state index in [-0.39, 0.29) is 5.91 Å². The Bertz CT molecular complexity index is 344. The predicted octanol–water partition coefficient (Wildman–Crippen LogP) is 3.35. The maximum atomic E-state index is 11.8. The molecule has 0 atom stereocenters. The fraction of sp³-hybridized carbons (Fsp3) is 0.500. The number of carbonyl (C=O) groups excluding carboxylic acids is 1. The van der Waals surface area contributed by atoms with Gasteiger partial charge in [0.05, 0.1) is 0 Å². The summed E-state index contributed by atoms with van der Waals surface area (Å²) >= 11 is 1.75. The third-order valence-electron chi connectivity index (χ3n) is 2.72. The largest absolute Gasteiger partial charge is 0.343 e. The molecule has 0 saturated heterocycles. The minimum absolute atomic E-state index is 0.259. The third kappa shape index (κ3) is 4.82. The van der Waals surface area contributed by atoms with E-state index < -0.39 is 0 Å². The highest BCUT2D eigenvalue weighted by atomic mass is 32.2. The number of carbonyl (C=O) groups is 1. The summed E-state index contributed by atoms with van der Waals surface area (Å²) in [7, 11) is 0. The molecule has 0 N–H and O–H groups in total. The van der Waals surface area contributed by atoms with Crippen molar-refractivity contribution in [3.8, 4) is 0 Å². The van der Waals surface area contributed by atoms with Crippen molar-refractivity contribution in [3.63, 3.8) is 0 Å². The molecular weight excluding hydrogens is 230 g/mol. The van der Waals surface area contributed by atoms with Crippen LogP contribution in [0.5, 0.6) is 0 Å². The Morgan fingerprint density at radius 2 is 1.76 bits per heavy atom. The van der Waals surface area contributed by atoms with Crippen molar-refractivity contribution >= 4 is 17.7 Å². The average molecular weight is 251 g/mol. The summed E-state index contributed by atoms with van der Waals surface area (Å²) in [6.45, 7) is 7.75. The number of nitrogens with zero attached hydrogens (tertiary/aromatic N) is 1. The SMILES string of the molecule is CCN(CC)C(=O)CCSc1ccc(C)cc1. The van der Waals surface area contributed by atoms with Crippen LogP contribution in [0.1, 0.15) is 25.8 Å². The van der Waals surface area contributed by atoms with Gasteiger partial charge in [-0.25, -0.2) is 0 Å². The standard InChI is InChI=1S/C14H21NOS/c1-4-15(5-2)14(16)10-11-17-13-8-6-12(3)7-9-13/h6-9H,4-5,10-11H2,1-3H3. The van der Waals surface area contributed by atoms with Crippen LogP contribution in [0.2, 0.25) is 0 Å². The summed E-state index contributed by atoms with van der Waals surface area (Å²) in [6, 6.07) is 8.44. The average Bonchev–Trinajstić information content (AvgIpc) is 2.33. The highest BCUT2D eigenvalue weighted by molar-refractivity contribution is 7.99. The minimum atomic E-state index is 0.259. The number of benzene rings is 1. The zero-order chi connectivity index (χ0) is 12.7. The molecule has 1 amide bonds. The first-order valence-corrected chi connectivity index (χ1v) is 7.13.